The van der Waals surface area contributed by atoms with Gasteiger partial charge >= 0.3 is 0 Å². The van der Waals surface area contributed by atoms with Crippen LogP contribution in [0.5, 0.6) is 0 Å². The van der Waals surface area contributed by atoms with Crippen molar-refractivity contribution in [1.82, 2.24) is 0 Å². The van der Waals surface area contributed by atoms with E-state index in [4.69, 9.17) is 4.89 Å². The lowest BCUT2D eigenvalue weighted by molar-refractivity contribution is 0.238. The van der Waals surface area contributed by atoms with Gasteiger partial charge in [0.15, 0.2) is 0 Å². The number of methoxy groups -OCH3 is 1. The van der Waals surface area contributed by atoms with Gasteiger partial charge in [0.05, 0.1) is 0 Å². The first-order valence-electron chi connectivity index (χ1n) is 1.84. The second-order valence-electron chi connectivity index (χ2n) is 1.47. The maximum atomic E-state index is 10.2. The van der Waals surface area contributed by atoms with E-state index in [1.807, 2.05) is 0 Å². The lowest BCUT2D eigenvalue weighted by atomic mass is 11.5. The molecule has 44 valence electrons. The van der Waals surface area contributed by atoms with Gasteiger partial charge in [0.2, 0.25) is 7.37 Å². The Balaban J connectivity index is 3.36. The highest BCUT2D eigenvalue weighted by Gasteiger charge is 2.05. The van der Waals surface area contributed by atoms with Crippen LogP contribution in [0.2, 0.25) is 0 Å². The fourth-order valence-electron chi connectivity index (χ4n) is 0.240. The van der Waals surface area contributed by atoms with Crippen LogP contribution in [0.15, 0.2) is 0 Å². The molecule has 7 heavy (non-hydrogen) atoms. The predicted molar refractivity (Wildman–Crippen MR) is 27.6 cm³/mol. The summed E-state index contributed by atoms with van der Waals surface area (Å²) in [4.78, 5) is 8.45. The highest BCUT2D eigenvalue weighted by atomic mass is 31.2. The predicted octanol–water partition coefficient (Wildman–Crippen LogP) is 0.490. The van der Waals surface area contributed by atoms with Gasteiger partial charge in [-0.05, 0) is 0 Å². The molecule has 0 heterocycles. The van der Waals surface area contributed by atoms with Crippen molar-refractivity contribution in [2.75, 3.05) is 20.1 Å². The summed E-state index contributed by atoms with van der Waals surface area (Å²) >= 11 is 0. The molecule has 0 spiro atoms. The minimum atomic E-state index is -2.89. The molecule has 4 heteroatoms. The van der Waals surface area contributed by atoms with Crippen LogP contribution in [0, 0.1) is 0 Å². The number of hydrogen-bond acceptors (Lipinski definition) is 2. The Hall–Kier alpha value is 0.150. The molecule has 0 rings (SSSR count). The van der Waals surface area contributed by atoms with E-state index in [0.29, 0.717) is 0 Å². The van der Waals surface area contributed by atoms with Crippen molar-refractivity contribution < 1.29 is 14.2 Å². The Labute approximate surface area is 42.8 Å². The van der Waals surface area contributed by atoms with Gasteiger partial charge in [0.1, 0.15) is 6.35 Å². The summed E-state index contributed by atoms with van der Waals surface area (Å²) in [5.41, 5.74) is 0. The first-order valence-corrected chi connectivity index (χ1v) is 4.13. The van der Waals surface area contributed by atoms with Crippen LogP contribution in [0.4, 0.5) is 0 Å². The third kappa shape index (κ3) is 6.15. The SMILES string of the molecule is COCP(C)(=O)O. The van der Waals surface area contributed by atoms with Gasteiger partial charge in [-0.25, -0.2) is 0 Å². The van der Waals surface area contributed by atoms with Gasteiger partial charge in [0.25, 0.3) is 0 Å². The summed E-state index contributed by atoms with van der Waals surface area (Å²) in [5, 5.41) is 0. The zero-order valence-corrected chi connectivity index (χ0v) is 5.31. The van der Waals surface area contributed by atoms with Gasteiger partial charge in [-0.1, -0.05) is 0 Å². The Morgan fingerprint density at radius 1 is 1.86 bits per heavy atom. The highest BCUT2D eigenvalue weighted by molar-refractivity contribution is 7.56. The molecular weight excluding hydrogens is 115 g/mol. The topological polar surface area (TPSA) is 46.5 Å². The first kappa shape index (κ1) is 7.15. The molecule has 0 aromatic heterocycles. The summed E-state index contributed by atoms with van der Waals surface area (Å²) in [6, 6.07) is 0. The zero-order chi connectivity index (χ0) is 5.91. The fourth-order valence-corrected chi connectivity index (χ4v) is 0.719. The second-order valence-corrected chi connectivity index (χ2v) is 3.83. The maximum Gasteiger partial charge on any atom is 0.222 e. The third-order valence-electron chi connectivity index (χ3n) is 0.369. The Bertz CT molecular complexity index is 84.2. The molecule has 0 aliphatic rings. The first-order chi connectivity index (χ1) is 3.06. The van der Waals surface area contributed by atoms with Crippen molar-refractivity contribution in [2.24, 2.45) is 0 Å². The number of rotatable bonds is 2. The molecule has 0 aliphatic carbocycles. The minimum absolute atomic E-state index is 0.0486. The molecular formula is C3H9O3P. The number of ether oxygens (including phenoxy) is 1. The molecule has 1 atom stereocenters. The van der Waals surface area contributed by atoms with Gasteiger partial charge in [-0.15, -0.1) is 0 Å². The molecule has 0 saturated carbocycles. The van der Waals surface area contributed by atoms with Crippen LogP contribution < -0.4 is 0 Å². The van der Waals surface area contributed by atoms with E-state index in [2.05, 4.69) is 4.74 Å². The van der Waals surface area contributed by atoms with E-state index in [-0.39, 0.29) is 6.35 Å². The zero-order valence-electron chi connectivity index (χ0n) is 4.42. The largest absolute Gasteiger partial charge is 0.375 e. The summed E-state index contributed by atoms with van der Waals surface area (Å²) in [7, 11) is -1.49. The summed E-state index contributed by atoms with van der Waals surface area (Å²) < 4.78 is 14.6. The van der Waals surface area contributed by atoms with E-state index in [0.717, 1.165) is 0 Å². The van der Waals surface area contributed by atoms with Crippen LogP contribution in [-0.4, -0.2) is 25.0 Å². The molecule has 0 aromatic rings. The molecule has 3 nitrogen and oxygen atoms in total. The third-order valence-corrected chi connectivity index (χ3v) is 1.11. The van der Waals surface area contributed by atoms with Crippen molar-refractivity contribution >= 4 is 7.37 Å². The van der Waals surface area contributed by atoms with E-state index in [1.165, 1.54) is 13.8 Å². The molecule has 0 fully saturated rings. The van der Waals surface area contributed by atoms with E-state index in [1.54, 1.807) is 0 Å². The quantitative estimate of drug-likeness (QED) is 0.545. The van der Waals surface area contributed by atoms with Crippen molar-refractivity contribution in [2.45, 2.75) is 0 Å². The lowest BCUT2D eigenvalue weighted by Crippen LogP contribution is -1.87. The minimum Gasteiger partial charge on any atom is -0.375 e. The van der Waals surface area contributed by atoms with Crippen LogP contribution in [-0.2, 0) is 9.30 Å². The monoisotopic (exact) mass is 124 g/mol. The normalized spacial score (nSPS) is 18.7. The Morgan fingerprint density at radius 3 is 2.29 bits per heavy atom. The smallest absolute Gasteiger partial charge is 0.222 e. The highest BCUT2D eigenvalue weighted by Crippen LogP contribution is 2.33. The van der Waals surface area contributed by atoms with Crippen LogP contribution in [0.25, 0.3) is 0 Å². The molecule has 0 saturated heterocycles. The van der Waals surface area contributed by atoms with Crippen molar-refractivity contribution in [3.8, 4) is 0 Å². The second kappa shape index (κ2) is 2.46. The maximum absolute atomic E-state index is 10.2. The van der Waals surface area contributed by atoms with Gasteiger partial charge < -0.3 is 9.63 Å². The van der Waals surface area contributed by atoms with Gasteiger partial charge in [-0.2, -0.15) is 0 Å². The van der Waals surface area contributed by atoms with Gasteiger partial charge in [0, 0.05) is 13.8 Å². The van der Waals surface area contributed by atoms with Crippen molar-refractivity contribution in [1.29, 1.82) is 0 Å². The molecule has 0 bridgehead atoms. The molecule has 0 amide bonds. The summed E-state index contributed by atoms with van der Waals surface area (Å²) in [5.74, 6) is 0. The Morgan fingerprint density at radius 2 is 2.29 bits per heavy atom. The van der Waals surface area contributed by atoms with Crippen molar-refractivity contribution in [3.63, 3.8) is 0 Å². The standard InChI is InChI=1S/C3H9O3P/c1-6-3-7(2,4)5/h3H2,1-2H3,(H,4,5). The van der Waals surface area contributed by atoms with Crippen molar-refractivity contribution in [3.05, 3.63) is 0 Å². The molecule has 0 aliphatic heterocycles. The van der Waals surface area contributed by atoms with Gasteiger partial charge in [-0.3, -0.25) is 4.57 Å². The fraction of sp³-hybridized carbons (Fsp3) is 1.00. The van der Waals surface area contributed by atoms with E-state index in [9.17, 15) is 4.57 Å². The van der Waals surface area contributed by atoms with Crippen LogP contribution in [0.1, 0.15) is 0 Å². The molecule has 0 radical (unpaired) electrons. The summed E-state index contributed by atoms with van der Waals surface area (Å²) in [6.07, 6.45) is -0.0486. The van der Waals surface area contributed by atoms with E-state index >= 15 is 0 Å². The van der Waals surface area contributed by atoms with E-state index < -0.39 is 7.37 Å². The number of hydrogen-bond donors (Lipinski definition) is 1. The Kier molecular flexibility index (Phi) is 2.51. The lowest BCUT2D eigenvalue weighted by Gasteiger charge is -1.99. The molecule has 0 aromatic carbocycles. The van der Waals surface area contributed by atoms with Crippen LogP contribution in [0.3, 0.4) is 0 Å². The molecule has 1 unspecified atom stereocenters. The summed E-state index contributed by atoms with van der Waals surface area (Å²) in [6.45, 7) is 1.26. The average Bonchev–Trinajstić information content (AvgIpc) is 1.30. The van der Waals surface area contributed by atoms with Crippen LogP contribution >= 0.6 is 7.37 Å². The molecule has 1 N–H and O–H groups in total. The average molecular weight is 124 g/mol.